The summed E-state index contributed by atoms with van der Waals surface area (Å²) in [6, 6.07) is 22.4. The van der Waals surface area contributed by atoms with E-state index in [1.807, 2.05) is 75.4 Å². The molecule has 1 aliphatic heterocycles. The Morgan fingerprint density at radius 2 is 1.57 bits per heavy atom. The van der Waals surface area contributed by atoms with Crippen LogP contribution < -0.4 is 15.0 Å². The lowest BCUT2D eigenvalue weighted by molar-refractivity contribution is -0.122. The Bertz CT molecular complexity index is 1680. The van der Waals surface area contributed by atoms with Crippen molar-refractivity contribution in [3.63, 3.8) is 0 Å². The van der Waals surface area contributed by atoms with E-state index >= 15 is 0 Å². The maximum absolute atomic E-state index is 13.5. The van der Waals surface area contributed by atoms with E-state index < -0.39 is 11.8 Å². The molecule has 2 heterocycles. The lowest BCUT2D eigenvalue weighted by Crippen LogP contribution is -2.54. The maximum Gasteiger partial charge on any atom is 0.270 e. The number of ether oxygens (including phenoxy) is 1. The normalized spacial score (nSPS) is 14.6. The third-order valence-corrected chi connectivity index (χ3v) is 7.64. The van der Waals surface area contributed by atoms with Crippen LogP contribution in [0.2, 0.25) is 10.0 Å². The fourth-order valence-corrected chi connectivity index (χ4v) is 5.12. The first-order valence-corrected chi connectivity index (χ1v) is 13.6. The average Bonchev–Trinajstić information content (AvgIpc) is 3.20. The van der Waals surface area contributed by atoms with Crippen LogP contribution in [0.3, 0.4) is 0 Å². The third kappa shape index (κ3) is 5.54. The van der Waals surface area contributed by atoms with Crippen LogP contribution in [0.4, 0.5) is 5.69 Å². The van der Waals surface area contributed by atoms with Gasteiger partial charge in [0.15, 0.2) is 5.11 Å². The second-order valence-corrected chi connectivity index (χ2v) is 10.7. The van der Waals surface area contributed by atoms with E-state index in [-0.39, 0.29) is 10.7 Å². The molecule has 0 radical (unpaired) electrons. The Balaban J connectivity index is 1.40. The molecule has 0 unspecified atom stereocenters. The number of hydrogen-bond acceptors (Lipinski definition) is 4. The fourth-order valence-electron chi connectivity index (χ4n) is 4.54. The summed E-state index contributed by atoms with van der Waals surface area (Å²) in [5.41, 5.74) is 5.85. The summed E-state index contributed by atoms with van der Waals surface area (Å²) >= 11 is 17.6. The summed E-state index contributed by atoms with van der Waals surface area (Å²) in [6.07, 6.45) is 1.60. The van der Waals surface area contributed by atoms with Crippen LogP contribution in [0.5, 0.6) is 5.75 Å². The van der Waals surface area contributed by atoms with Gasteiger partial charge in [-0.15, -0.1) is 0 Å². The second-order valence-electron chi connectivity index (χ2n) is 9.46. The van der Waals surface area contributed by atoms with Crippen molar-refractivity contribution >= 4 is 64.1 Å². The molecule has 1 saturated heterocycles. The van der Waals surface area contributed by atoms with E-state index in [4.69, 9.17) is 40.2 Å². The quantitative estimate of drug-likeness (QED) is 0.148. The Morgan fingerprint density at radius 1 is 0.900 bits per heavy atom. The summed E-state index contributed by atoms with van der Waals surface area (Å²) in [5.74, 6) is -0.322. The largest absolute Gasteiger partial charge is 0.489 e. The van der Waals surface area contributed by atoms with Gasteiger partial charge in [-0.3, -0.25) is 19.8 Å². The molecule has 4 aromatic rings. The van der Waals surface area contributed by atoms with Crippen molar-refractivity contribution in [2.45, 2.75) is 27.4 Å². The van der Waals surface area contributed by atoms with Crippen molar-refractivity contribution < 1.29 is 14.3 Å². The second kappa shape index (κ2) is 11.3. The molecular weight excluding hydrogens is 565 g/mol. The van der Waals surface area contributed by atoms with Crippen molar-refractivity contribution in [1.29, 1.82) is 0 Å². The van der Waals surface area contributed by atoms with E-state index in [1.54, 1.807) is 24.3 Å². The Labute approximate surface area is 247 Å². The van der Waals surface area contributed by atoms with Crippen LogP contribution in [-0.4, -0.2) is 21.5 Å². The molecule has 1 aliphatic rings. The fraction of sp³-hybridized carbons (Fsp3) is 0.129. The summed E-state index contributed by atoms with van der Waals surface area (Å²) < 4.78 is 7.97. The molecule has 6 nitrogen and oxygen atoms in total. The zero-order chi connectivity index (χ0) is 28.6. The number of anilines is 1. The number of nitrogens with zero attached hydrogens (tertiary/aromatic N) is 2. The van der Waals surface area contributed by atoms with Crippen LogP contribution >= 0.6 is 35.4 Å². The van der Waals surface area contributed by atoms with Gasteiger partial charge in [0.1, 0.15) is 17.9 Å². The molecule has 0 spiro atoms. The molecule has 3 aromatic carbocycles. The van der Waals surface area contributed by atoms with Gasteiger partial charge in [0.05, 0.1) is 5.69 Å². The van der Waals surface area contributed by atoms with Gasteiger partial charge in [-0.1, -0.05) is 41.4 Å². The number of aromatic nitrogens is 1. The number of carbonyl (C=O) groups is 2. The first-order chi connectivity index (χ1) is 19.1. The molecule has 2 amide bonds. The van der Waals surface area contributed by atoms with Crippen LogP contribution in [-0.2, 0) is 16.2 Å². The van der Waals surface area contributed by atoms with E-state index in [9.17, 15) is 9.59 Å². The van der Waals surface area contributed by atoms with Crippen molar-refractivity contribution in [3.8, 4) is 11.4 Å². The minimum absolute atomic E-state index is 0.0101. The van der Waals surface area contributed by atoms with Gasteiger partial charge in [0.25, 0.3) is 11.8 Å². The monoisotopic (exact) mass is 589 g/mol. The minimum Gasteiger partial charge on any atom is -0.489 e. The molecule has 0 atom stereocenters. The van der Waals surface area contributed by atoms with E-state index in [0.29, 0.717) is 22.3 Å². The highest BCUT2D eigenvalue weighted by Crippen LogP contribution is 2.29. The van der Waals surface area contributed by atoms with Crippen LogP contribution in [0.1, 0.15) is 28.1 Å². The van der Waals surface area contributed by atoms with Crippen LogP contribution in [0, 0.1) is 20.8 Å². The topological polar surface area (TPSA) is 63.6 Å². The smallest absolute Gasteiger partial charge is 0.270 e. The van der Waals surface area contributed by atoms with Crippen molar-refractivity contribution in [1.82, 2.24) is 9.88 Å². The number of benzene rings is 3. The molecule has 0 bridgehead atoms. The van der Waals surface area contributed by atoms with E-state index in [1.165, 1.54) is 4.90 Å². The summed E-state index contributed by atoms with van der Waals surface area (Å²) in [7, 11) is 0. The number of hydrogen-bond donors (Lipinski definition) is 1. The zero-order valence-electron chi connectivity index (χ0n) is 22.0. The standard InChI is InChI=1S/C31H25Cl2N3O3S/c1-18-4-9-25(16-28(18)33)36-30(38)27(29(37)34-31(36)40)15-22-14-19(2)35(20(22)3)24-10-12-26(13-11-24)39-17-21-5-7-23(32)8-6-21/h4-16H,17H2,1-3H3,(H,34,37,40)/b27-15+. The number of nitrogens with one attached hydrogen (secondary N) is 1. The highest BCUT2D eigenvalue weighted by atomic mass is 35.5. The van der Waals surface area contributed by atoms with E-state index in [0.717, 1.165) is 39.5 Å². The van der Waals surface area contributed by atoms with Gasteiger partial charge < -0.3 is 9.30 Å². The molecule has 5 rings (SSSR count). The summed E-state index contributed by atoms with van der Waals surface area (Å²) in [4.78, 5) is 27.6. The molecule has 0 saturated carbocycles. The van der Waals surface area contributed by atoms with Gasteiger partial charge in [-0.2, -0.15) is 0 Å². The van der Waals surface area contributed by atoms with Gasteiger partial charge in [0.2, 0.25) is 0 Å². The molecular formula is C31H25Cl2N3O3S. The molecule has 1 aromatic heterocycles. The summed E-state index contributed by atoms with van der Waals surface area (Å²) in [6.45, 7) is 6.21. The van der Waals surface area contributed by atoms with Crippen LogP contribution in [0.15, 0.2) is 78.4 Å². The summed E-state index contributed by atoms with van der Waals surface area (Å²) in [5, 5.41) is 3.82. The first kappa shape index (κ1) is 27.6. The predicted molar refractivity (Wildman–Crippen MR) is 163 cm³/mol. The predicted octanol–water partition coefficient (Wildman–Crippen LogP) is 7.12. The lowest BCUT2D eigenvalue weighted by Gasteiger charge is -2.29. The highest BCUT2D eigenvalue weighted by Gasteiger charge is 2.35. The van der Waals surface area contributed by atoms with Crippen molar-refractivity contribution in [2.24, 2.45) is 0 Å². The maximum atomic E-state index is 13.5. The third-order valence-electron chi connectivity index (χ3n) is 6.70. The molecule has 9 heteroatoms. The highest BCUT2D eigenvalue weighted by molar-refractivity contribution is 7.80. The van der Waals surface area contributed by atoms with Crippen molar-refractivity contribution in [3.05, 3.63) is 116 Å². The Kier molecular flexibility index (Phi) is 7.81. The SMILES string of the molecule is Cc1ccc(N2C(=O)/C(=C/c3cc(C)n(-c4ccc(OCc5ccc(Cl)cc5)cc4)c3C)C(=O)NC2=S)cc1Cl. The lowest BCUT2D eigenvalue weighted by atomic mass is 10.1. The van der Waals surface area contributed by atoms with E-state index in [2.05, 4.69) is 9.88 Å². The molecule has 40 heavy (non-hydrogen) atoms. The Morgan fingerprint density at radius 3 is 2.25 bits per heavy atom. The number of amides is 2. The molecule has 0 aliphatic carbocycles. The Hall–Kier alpha value is -3.91. The minimum atomic E-state index is -0.545. The van der Waals surface area contributed by atoms with Gasteiger partial charge >= 0.3 is 0 Å². The van der Waals surface area contributed by atoms with Gasteiger partial charge in [0, 0.05) is 27.1 Å². The molecule has 1 N–H and O–H groups in total. The number of halogens is 2. The number of aryl methyl sites for hydroxylation is 2. The van der Waals surface area contributed by atoms with Gasteiger partial charge in [-0.25, -0.2) is 0 Å². The van der Waals surface area contributed by atoms with Gasteiger partial charge in [-0.05, 0) is 110 Å². The average molecular weight is 591 g/mol. The first-order valence-electron chi connectivity index (χ1n) is 12.5. The number of rotatable bonds is 6. The van der Waals surface area contributed by atoms with Crippen molar-refractivity contribution in [2.75, 3.05) is 4.90 Å². The van der Waals surface area contributed by atoms with Crippen LogP contribution in [0.25, 0.3) is 11.8 Å². The number of carbonyl (C=O) groups excluding carboxylic acids is 2. The molecule has 1 fully saturated rings. The zero-order valence-corrected chi connectivity index (χ0v) is 24.3. The molecule has 202 valence electrons. The number of thiocarbonyl (C=S) groups is 1.